The minimum Gasteiger partial charge on any atom is -0.490 e. The third kappa shape index (κ3) is 7.23. The maximum atomic E-state index is 5.65. The summed E-state index contributed by atoms with van der Waals surface area (Å²) < 4.78 is 16.2. The molecule has 0 heterocycles. The van der Waals surface area contributed by atoms with E-state index in [1.165, 1.54) is 5.56 Å². The largest absolute Gasteiger partial charge is 0.490 e. The Morgan fingerprint density at radius 2 is 1.74 bits per heavy atom. The number of hydrogen-bond acceptors (Lipinski definition) is 4. The van der Waals surface area contributed by atoms with Crippen molar-refractivity contribution in [2.45, 2.75) is 20.3 Å². The third-order valence-corrected chi connectivity index (χ3v) is 3.14. The molecular formula is C17H29N3O3. The molecule has 0 atom stereocenters. The van der Waals surface area contributed by atoms with Crippen molar-refractivity contribution in [1.29, 1.82) is 0 Å². The molecule has 0 aromatic heterocycles. The lowest BCUT2D eigenvalue weighted by Crippen LogP contribution is -2.39. The van der Waals surface area contributed by atoms with Crippen molar-refractivity contribution in [2.24, 2.45) is 4.99 Å². The average Bonchev–Trinajstić information content (AvgIpc) is 2.56. The van der Waals surface area contributed by atoms with Gasteiger partial charge >= 0.3 is 0 Å². The molecule has 0 bridgehead atoms. The lowest BCUT2D eigenvalue weighted by atomic mass is 10.1. The molecule has 0 aliphatic heterocycles. The number of nitrogens with zero attached hydrogens (tertiary/aromatic N) is 1. The number of aliphatic imine (C=N–C) groups is 1. The molecular weight excluding hydrogens is 294 g/mol. The predicted octanol–water partition coefficient (Wildman–Crippen LogP) is 1.84. The van der Waals surface area contributed by atoms with Gasteiger partial charge in [-0.2, -0.15) is 0 Å². The van der Waals surface area contributed by atoms with Crippen molar-refractivity contribution in [3.63, 3.8) is 0 Å². The number of guanidine groups is 1. The lowest BCUT2D eigenvalue weighted by Gasteiger charge is -2.14. The number of benzene rings is 1. The molecule has 6 nitrogen and oxygen atoms in total. The van der Waals surface area contributed by atoms with E-state index in [4.69, 9.17) is 14.2 Å². The van der Waals surface area contributed by atoms with Gasteiger partial charge in [0.2, 0.25) is 0 Å². The van der Waals surface area contributed by atoms with Gasteiger partial charge in [0.1, 0.15) is 0 Å². The van der Waals surface area contributed by atoms with Gasteiger partial charge in [0.05, 0.1) is 19.8 Å². The van der Waals surface area contributed by atoms with Crippen molar-refractivity contribution >= 4 is 5.96 Å². The van der Waals surface area contributed by atoms with Crippen molar-refractivity contribution in [3.8, 4) is 11.5 Å². The average molecular weight is 323 g/mol. The summed E-state index contributed by atoms with van der Waals surface area (Å²) >= 11 is 0. The van der Waals surface area contributed by atoms with Crippen LogP contribution in [0.4, 0.5) is 0 Å². The molecule has 0 radical (unpaired) electrons. The summed E-state index contributed by atoms with van der Waals surface area (Å²) in [6.45, 7) is 7.36. The van der Waals surface area contributed by atoms with E-state index in [0.29, 0.717) is 19.8 Å². The molecule has 0 amide bonds. The van der Waals surface area contributed by atoms with Gasteiger partial charge in [-0.05, 0) is 38.0 Å². The van der Waals surface area contributed by atoms with E-state index in [1.807, 2.05) is 26.0 Å². The molecule has 0 fully saturated rings. The van der Waals surface area contributed by atoms with Crippen molar-refractivity contribution in [3.05, 3.63) is 23.8 Å². The predicted molar refractivity (Wildman–Crippen MR) is 93.7 cm³/mol. The first-order valence-corrected chi connectivity index (χ1v) is 8.07. The van der Waals surface area contributed by atoms with E-state index in [-0.39, 0.29) is 0 Å². The van der Waals surface area contributed by atoms with Crippen LogP contribution >= 0.6 is 0 Å². The number of hydrogen-bond donors (Lipinski definition) is 2. The Hall–Kier alpha value is -1.95. The molecule has 1 aromatic carbocycles. The van der Waals surface area contributed by atoms with Gasteiger partial charge < -0.3 is 24.8 Å². The van der Waals surface area contributed by atoms with Crippen LogP contribution in [0.5, 0.6) is 11.5 Å². The molecule has 1 aromatic rings. The summed E-state index contributed by atoms with van der Waals surface area (Å²) in [7, 11) is 3.44. The molecule has 0 saturated heterocycles. The summed E-state index contributed by atoms with van der Waals surface area (Å²) in [5.74, 6) is 2.37. The second kappa shape index (κ2) is 11.6. The highest BCUT2D eigenvalue weighted by molar-refractivity contribution is 5.79. The van der Waals surface area contributed by atoms with Gasteiger partial charge in [-0.3, -0.25) is 4.99 Å². The topological polar surface area (TPSA) is 64.1 Å². The van der Waals surface area contributed by atoms with Crippen molar-refractivity contribution in [2.75, 3.05) is 47.1 Å². The maximum absolute atomic E-state index is 5.65. The Labute approximate surface area is 139 Å². The molecule has 0 saturated carbocycles. The first kappa shape index (κ1) is 19.1. The van der Waals surface area contributed by atoms with Crippen molar-refractivity contribution in [1.82, 2.24) is 10.6 Å². The number of rotatable bonds is 10. The fourth-order valence-corrected chi connectivity index (χ4v) is 2.07. The van der Waals surface area contributed by atoms with Crippen LogP contribution in [0.2, 0.25) is 0 Å². The maximum Gasteiger partial charge on any atom is 0.191 e. The normalized spacial score (nSPS) is 11.2. The molecule has 0 spiro atoms. The summed E-state index contributed by atoms with van der Waals surface area (Å²) in [4.78, 5) is 4.17. The quantitative estimate of drug-likeness (QED) is 0.391. The molecule has 6 heteroatoms. The number of methoxy groups -OCH3 is 1. The Morgan fingerprint density at radius 3 is 2.39 bits per heavy atom. The second-order valence-corrected chi connectivity index (χ2v) is 4.82. The molecule has 0 unspecified atom stereocenters. The second-order valence-electron chi connectivity index (χ2n) is 4.82. The smallest absolute Gasteiger partial charge is 0.191 e. The van der Waals surface area contributed by atoms with E-state index in [1.54, 1.807) is 14.2 Å². The molecule has 2 N–H and O–H groups in total. The Kier molecular flexibility index (Phi) is 9.63. The van der Waals surface area contributed by atoms with Gasteiger partial charge in [0.15, 0.2) is 17.5 Å². The zero-order valence-electron chi connectivity index (χ0n) is 14.6. The fraction of sp³-hybridized carbons (Fsp3) is 0.588. The van der Waals surface area contributed by atoms with Crippen LogP contribution < -0.4 is 20.1 Å². The molecule has 1 rings (SSSR count). The number of ether oxygens (including phenoxy) is 3. The Balaban J connectivity index is 2.51. The van der Waals surface area contributed by atoms with E-state index in [9.17, 15) is 0 Å². The highest BCUT2D eigenvalue weighted by Gasteiger charge is 2.06. The summed E-state index contributed by atoms with van der Waals surface area (Å²) in [6.07, 6.45) is 0.872. The minimum atomic E-state index is 0.623. The molecule has 130 valence electrons. The SMILES string of the molecule is CCOc1ccc(CCNC(=NC)NCCOC)cc1OCC. The lowest BCUT2D eigenvalue weighted by molar-refractivity contribution is 0.203. The Morgan fingerprint density at radius 1 is 1.04 bits per heavy atom. The van der Waals surface area contributed by atoms with Crippen LogP contribution in [0, 0.1) is 0 Å². The minimum absolute atomic E-state index is 0.623. The standard InChI is InChI=1S/C17H29N3O3/c1-5-22-15-8-7-14(13-16(15)23-6-2)9-10-19-17(18-3)20-11-12-21-4/h7-8,13H,5-6,9-12H2,1-4H3,(H2,18,19,20). The molecule has 0 aliphatic carbocycles. The number of nitrogens with one attached hydrogen (secondary N) is 2. The van der Waals surface area contributed by atoms with Crippen LogP contribution in [0.15, 0.2) is 23.2 Å². The van der Waals surface area contributed by atoms with Gasteiger partial charge in [0, 0.05) is 27.2 Å². The van der Waals surface area contributed by atoms with Crippen LogP contribution in [-0.2, 0) is 11.2 Å². The van der Waals surface area contributed by atoms with E-state index in [2.05, 4.69) is 21.7 Å². The fourth-order valence-electron chi connectivity index (χ4n) is 2.07. The van der Waals surface area contributed by atoms with E-state index in [0.717, 1.165) is 37.0 Å². The van der Waals surface area contributed by atoms with Gasteiger partial charge in [-0.25, -0.2) is 0 Å². The van der Waals surface area contributed by atoms with Crippen LogP contribution in [0.3, 0.4) is 0 Å². The van der Waals surface area contributed by atoms with Crippen LogP contribution in [0.1, 0.15) is 19.4 Å². The van der Waals surface area contributed by atoms with Crippen molar-refractivity contribution < 1.29 is 14.2 Å². The van der Waals surface area contributed by atoms with Gasteiger partial charge in [-0.15, -0.1) is 0 Å². The highest BCUT2D eigenvalue weighted by atomic mass is 16.5. The third-order valence-electron chi connectivity index (χ3n) is 3.14. The zero-order valence-corrected chi connectivity index (χ0v) is 14.6. The first-order valence-electron chi connectivity index (χ1n) is 8.07. The Bertz CT molecular complexity index is 478. The molecule has 23 heavy (non-hydrogen) atoms. The summed E-state index contributed by atoms with van der Waals surface area (Å²) in [5.41, 5.74) is 1.19. The van der Waals surface area contributed by atoms with Crippen LogP contribution in [-0.4, -0.2) is 53.0 Å². The highest BCUT2D eigenvalue weighted by Crippen LogP contribution is 2.28. The molecule has 0 aliphatic rings. The van der Waals surface area contributed by atoms with E-state index < -0.39 is 0 Å². The summed E-state index contributed by atoms with van der Waals surface area (Å²) in [6, 6.07) is 6.07. The van der Waals surface area contributed by atoms with Gasteiger partial charge in [-0.1, -0.05) is 6.07 Å². The van der Waals surface area contributed by atoms with E-state index >= 15 is 0 Å². The van der Waals surface area contributed by atoms with Crippen LogP contribution in [0.25, 0.3) is 0 Å². The van der Waals surface area contributed by atoms with Gasteiger partial charge in [0.25, 0.3) is 0 Å². The first-order chi connectivity index (χ1) is 11.2. The summed E-state index contributed by atoms with van der Waals surface area (Å²) in [5, 5.41) is 6.46. The monoisotopic (exact) mass is 323 g/mol. The zero-order chi connectivity index (χ0) is 16.9.